The number of ether oxygens (including phenoxy) is 1. The molecule has 1 amide bonds. The average Bonchev–Trinajstić information content (AvgIpc) is 2.70. The highest BCUT2D eigenvalue weighted by Gasteiger charge is 2.40. The first-order chi connectivity index (χ1) is 14.5. The number of anilines is 1. The molecule has 1 aliphatic rings. The zero-order valence-electron chi connectivity index (χ0n) is 18.3. The summed E-state index contributed by atoms with van der Waals surface area (Å²) in [5, 5.41) is 11.9. The Bertz CT molecular complexity index is 1060. The third kappa shape index (κ3) is 4.84. The number of hydrogen-bond donors (Lipinski definition) is 1. The van der Waals surface area contributed by atoms with E-state index in [1.54, 1.807) is 13.0 Å². The van der Waals surface area contributed by atoms with Crippen LogP contribution in [0.5, 0.6) is 5.75 Å². The highest BCUT2D eigenvalue weighted by Crippen LogP contribution is 2.43. The number of carbonyl (C=O) groups excluding carboxylic acids is 1. The minimum absolute atomic E-state index is 0. The van der Waals surface area contributed by atoms with Crippen molar-refractivity contribution in [3.8, 4) is 11.8 Å². The lowest BCUT2D eigenvalue weighted by Gasteiger charge is -2.42. The van der Waals surface area contributed by atoms with Gasteiger partial charge in [0, 0.05) is 23.3 Å². The van der Waals surface area contributed by atoms with Crippen LogP contribution >= 0.6 is 12.4 Å². The van der Waals surface area contributed by atoms with E-state index < -0.39 is 23.2 Å². The third-order valence-electron chi connectivity index (χ3n) is 5.79. The number of benzene rings is 2. The predicted octanol–water partition coefficient (Wildman–Crippen LogP) is 5.37. The predicted molar refractivity (Wildman–Crippen MR) is 118 cm³/mol. The van der Waals surface area contributed by atoms with Crippen molar-refractivity contribution in [2.24, 2.45) is 0 Å². The first-order valence-electron chi connectivity index (χ1n) is 9.93. The summed E-state index contributed by atoms with van der Waals surface area (Å²) in [6.07, 6.45) is -4.26. The summed E-state index contributed by atoms with van der Waals surface area (Å²) >= 11 is 0. The molecule has 172 valence electrons. The lowest BCUT2D eigenvalue weighted by Crippen LogP contribution is -2.44. The Morgan fingerprint density at radius 1 is 1.28 bits per heavy atom. The van der Waals surface area contributed by atoms with Crippen LogP contribution in [0, 0.1) is 11.3 Å². The first-order valence-corrected chi connectivity index (χ1v) is 9.93. The number of nitrogens with one attached hydrogen (secondary N) is 1. The van der Waals surface area contributed by atoms with Crippen LogP contribution in [-0.2, 0) is 18.1 Å². The maximum atomic E-state index is 13.8. The van der Waals surface area contributed by atoms with Crippen LogP contribution < -0.4 is 10.1 Å². The van der Waals surface area contributed by atoms with Crippen molar-refractivity contribution in [1.82, 2.24) is 4.90 Å². The molecule has 3 rings (SSSR count). The van der Waals surface area contributed by atoms with E-state index >= 15 is 0 Å². The summed E-state index contributed by atoms with van der Waals surface area (Å²) in [6, 6.07) is 8.90. The highest BCUT2D eigenvalue weighted by atomic mass is 35.5. The number of rotatable bonds is 4. The normalized spacial score (nSPS) is 15.2. The SMILES string of the molecule is CCOc1ccc(C(=O)Nc2cc(C(F)(F)F)c3c(c2)C(C)(C)N(C)CC3)cc1C#N.Cl. The van der Waals surface area contributed by atoms with Crippen molar-refractivity contribution in [3.63, 3.8) is 0 Å². The Morgan fingerprint density at radius 2 is 1.97 bits per heavy atom. The lowest BCUT2D eigenvalue weighted by atomic mass is 9.81. The first kappa shape index (κ1) is 25.5. The van der Waals surface area contributed by atoms with Gasteiger partial charge in [0.05, 0.1) is 17.7 Å². The van der Waals surface area contributed by atoms with Crippen molar-refractivity contribution >= 4 is 24.0 Å². The fourth-order valence-corrected chi connectivity index (χ4v) is 3.82. The smallest absolute Gasteiger partial charge is 0.416 e. The van der Waals surface area contributed by atoms with Crippen molar-refractivity contribution in [2.75, 3.05) is 25.5 Å². The molecule has 0 aromatic heterocycles. The van der Waals surface area contributed by atoms with Gasteiger partial charge in [-0.05, 0) is 75.7 Å². The minimum atomic E-state index is -4.54. The molecule has 0 saturated carbocycles. The number of halogens is 4. The molecule has 1 aliphatic heterocycles. The van der Waals surface area contributed by atoms with E-state index in [-0.39, 0.29) is 41.2 Å². The number of nitriles is 1. The van der Waals surface area contributed by atoms with Gasteiger partial charge in [-0.25, -0.2) is 0 Å². The zero-order chi connectivity index (χ0) is 23.0. The number of fused-ring (bicyclic) bond motifs is 1. The number of likely N-dealkylation sites (N-methyl/N-ethyl adjacent to an activating group) is 1. The van der Waals surface area contributed by atoms with Crippen LogP contribution in [-0.4, -0.2) is 31.0 Å². The van der Waals surface area contributed by atoms with E-state index in [4.69, 9.17) is 4.74 Å². The Kier molecular flexibility index (Phi) is 7.48. The molecule has 1 heterocycles. The summed E-state index contributed by atoms with van der Waals surface area (Å²) < 4.78 is 46.8. The second-order valence-electron chi connectivity index (χ2n) is 7.99. The van der Waals surface area contributed by atoms with Gasteiger partial charge in [-0.2, -0.15) is 18.4 Å². The number of carbonyl (C=O) groups is 1. The van der Waals surface area contributed by atoms with Crippen LogP contribution in [0.2, 0.25) is 0 Å². The molecule has 2 aromatic carbocycles. The molecule has 0 bridgehead atoms. The monoisotopic (exact) mass is 467 g/mol. The van der Waals surface area contributed by atoms with Crippen molar-refractivity contribution in [2.45, 2.75) is 38.9 Å². The molecule has 0 radical (unpaired) electrons. The van der Waals surface area contributed by atoms with E-state index in [0.717, 1.165) is 6.07 Å². The van der Waals surface area contributed by atoms with Crippen molar-refractivity contribution < 1.29 is 22.7 Å². The third-order valence-corrected chi connectivity index (χ3v) is 5.79. The van der Waals surface area contributed by atoms with Gasteiger partial charge in [-0.1, -0.05) is 0 Å². The molecule has 32 heavy (non-hydrogen) atoms. The molecular formula is C23H25ClF3N3O2. The Labute approximate surface area is 191 Å². The average molecular weight is 468 g/mol. The molecule has 0 unspecified atom stereocenters. The standard InChI is InChI=1S/C23H24F3N3O2.ClH/c1-5-31-20-7-6-14(10-15(20)13-27)21(30)28-16-11-18-17(19(12-16)23(24,25)26)8-9-29(4)22(18,2)3;/h6-7,10-12H,5,8-9H2,1-4H3,(H,28,30);1H. The Morgan fingerprint density at radius 3 is 2.56 bits per heavy atom. The molecular weight excluding hydrogens is 443 g/mol. The van der Waals surface area contributed by atoms with Crippen LogP contribution in [0.1, 0.15) is 53.4 Å². The summed E-state index contributed by atoms with van der Waals surface area (Å²) in [7, 11) is 1.87. The molecule has 5 nitrogen and oxygen atoms in total. The minimum Gasteiger partial charge on any atom is -0.492 e. The van der Waals surface area contributed by atoms with Gasteiger partial charge in [-0.3, -0.25) is 9.69 Å². The van der Waals surface area contributed by atoms with Crippen LogP contribution in [0.3, 0.4) is 0 Å². The number of nitrogens with zero attached hydrogens (tertiary/aromatic N) is 2. The highest BCUT2D eigenvalue weighted by molar-refractivity contribution is 6.04. The number of alkyl halides is 3. The van der Waals surface area contributed by atoms with Gasteiger partial charge in [0.25, 0.3) is 5.91 Å². The van der Waals surface area contributed by atoms with Crippen molar-refractivity contribution in [3.05, 3.63) is 58.1 Å². The summed E-state index contributed by atoms with van der Waals surface area (Å²) in [4.78, 5) is 14.7. The molecule has 2 aromatic rings. The van der Waals surface area contributed by atoms with Gasteiger partial charge in [0.15, 0.2) is 0 Å². The van der Waals surface area contributed by atoms with Gasteiger partial charge < -0.3 is 10.1 Å². The van der Waals surface area contributed by atoms with Gasteiger partial charge >= 0.3 is 6.18 Å². The van der Waals surface area contributed by atoms with Crippen LogP contribution in [0.25, 0.3) is 0 Å². The van der Waals surface area contributed by atoms with Crippen LogP contribution in [0.4, 0.5) is 18.9 Å². The zero-order valence-corrected chi connectivity index (χ0v) is 19.1. The Balaban J connectivity index is 0.00000363. The maximum Gasteiger partial charge on any atom is 0.416 e. The van der Waals surface area contributed by atoms with E-state index in [1.165, 1.54) is 18.2 Å². The molecule has 0 saturated heterocycles. The maximum absolute atomic E-state index is 13.8. The summed E-state index contributed by atoms with van der Waals surface area (Å²) in [5.74, 6) is -0.255. The molecule has 0 atom stereocenters. The summed E-state index contributed by atoms with van der Waals surface area (Å²) in [5.41, 5.74) is -0.155. The van der Waals surface area contributed by atoms with E-state index in [9.17, 15) is 23.2 Å². The van der Waals surface area contributed by atoms with E-state index in [2.05, 4.69) is 5.32 Å². The topological polar surface area (TPSA) is 65.4 Å². The van der Waals surface area contributed by atoms with Gasteiger partial charge in [-0.15, -0.1) is 12.4 Å². The second kappa shape index (κ2) is 9.39. The fraction of sp³-hybridized carbons (Fsp3) is 0.391. The van der Waals surface area contributed by atoms with E-state index in [1.807, 2.05) is 31.9 Å². The molecule has 9 heteroatoms. The lowest BCUT2D eigenvalue weighted by molar-refractivity contribution is -0.138. The molecule has 0 aliphatic carbocycles. The Hall–Kier alpha value is -2.76. The van der Waals surface area contributed by atoms with E-state index in [0.29, 0.717) is 24.5 Å². The fourth-order valence-electron chi connectivity index (χ4n) is 3.82. The summed E-state index contributed by atoms with van der Waals surface area (Å²) in [6.45, 7) is 6.37. The number of hydrogen-bond acceptors (Lipinski definition) is 4. The van der Waals surface area contributed by atoms with Gasteiger partial charge in [0.1, 0.15) is 11.8 Å². The molecule has 1 N–H and O–H groups in total. The largest absolute Gasteiger partial charge is 0.492 e. The number of amides is 1. The quantitative estimate of drug-likeness (QED) is 0.656. The van der Waals surface area contributed by atoms with Gasteiger partial charge in [0.2, 0.25) is 0 Å². The van der Waals surface area contributed by atoms with Crippen molar-refractivity contribution in [1.29, 1.82) is 5.26 Å². The second-order valence-corrected chi connectivity index (χ2v) is 7.99. The molecule has 0 spiro atoms. The molecule has 0 fully saturated rings. The van der Waals surface area contributed by atoms with Crippen LogP contribution in [0.15, 0.2) is 30.3 Å².